The first-order chi connectivity index (χ1) is 11.0. The summed E-state index contributed by atoms with van der Waals surface area (Å²) in [7, 11) is 0. The predicted octanol–water partition coefficient (Wildman–Crippen LogP) is 1.92. The topological polar surface area (TPSA) is 95.5 Å². The second kappa shape index (κ2) is 7.97. The Morgan fingerprint density at radius 2 is 1.65 bits per heavy atom. The molecule has 0 heterocycles. The highest BCUT2D eigenvalue weighted by Gasteiger charge is 2.35. The molecule has 1 aliphatic rings. The molecule has 1 aromatic rings. The van der Waals surface area contributed by atoms with Crippen LogP contribution in [-0.2, 0) is 20.8 Å². The third kappa shape index (κ3) is 4.96. The number of carbonyl (C=O) groups is 3. The molecule has 1 saturated carbocycles. The van der Waals surface area contributed by atoms with Gasteiger partial charge in [0.05, 0.1) is 18.3 Å². The summed E-state index contributed by atoms with van der Waals surface area (Å²) in [4.78, 5) is 35.1. The highest BCUT2D eigenvalue weighted by atomic mass is 35.5. The first-order valence-corrected chi connectivity index (χ1v) is 7.91. The lowest BCUT2D eigenvalue weighted by Crippen LogP contribution is -2.48. The molecule has 2 amide bonds. The number of carboxylic acids is 1. The number of aliphatic carboxylic acids is 1. The van der Waals surface area contributed by atoms with Crippen molar-refractivity contribution < 1.29 is 19.5 Å². The molecule has 0 aromatic heterocycles. The van der Waals surface area contributed by atoms with Crippen LogP contribution in [0.2, 0.25) is 5.02 Å². The number of hydrogen-bond donors (Lipinski definition) is 3. The van der Waals surface area contributed by atoms with Crippen LogP contribution in [0.3, 0.4) is 0 Å². The summed E-state index contributed by atoms with van der Waals surface area (Å²) in [6, 6.07) is 6.82. The van der Waals surface area contributed by atoms with Crippen molar-refractivity contribution in [2.45, 2.75) is 32.1 Å². The number of hydrogen-bond acceptors (Lipinski definition) is 3. The van der Waals surface area contributed by atoms with Gasteiger partial charge in [-0.2, -0.15) is 0 Å². The van der Waals surface area contributed by atoms with Crippen molar-refractivity contribution >= 4 is 29.4 Å². The molecule has 1 aliphatic carbocycles. The van der Waals surface area contributed by atoms with Gasteiger partial charge in [-0.15, -0.1) is 0 Å². The van der Waals surface area contributed by atoms with Gasteiger partial charge in [-0.05, 0) is 30.5 Å². The van der Waals surface area contributed by atoms with Gasteiger partial charge in [0.25, 0.3) is 0 Å². The minimum absolute atomic E-state index is 0.102. The average molecular weight is 339 g/mol. The Balaban J connectivity index is 1.84. The number of hydrazine groups is 1. The Morgan fingerprint density at radius 3 is 2.26 bits per heavy atom. The Morgan fingerprint density at radius 1 is 1.04 bits per heavy atom. The van der Waals surface area contributed by atoms with Gasteiger partial charge in [0.2, 0.25) is 11.8 Å². The second-order valence-corrected chi connectivity index (χ2v) is 6.11. The summed E-state index contributed by atoms with van der Waals surface area (Å²) in [5.41, 5.74) is 5.44. The molecule has 0 bridgehead atoms. The van der Waals surface area contributed by atoms with E-state index in [1.807, 2.05) is 0 Å². The fraction of sp³-hybridized carbons (Fsp3) is 0.438. The molecule has 2 atom stereocenters. The number of halogens is 1. The lowest BCUT2D eigenvalue weighted by Gasteiger charge is -2.27. The number of carbonyl (C=O) groups excluding carboxylic acids is 2. The zero-order chi connectivity index (χ0) is 16.8. The van der Waals surface area contributed by atoms with Gasteiger partial charge >= 0.3 is 5.97 Å². The van der Waals surface area contributed by atoms with E-state index in [2.05, 4.69) is 10.9 Å². The van der Waals surface area contributed by atoms with E-state index in [4.69, 9.17) is 11.6 Å². The standard InChI is InChI=1S/C16H19ClN2O4/c17-11-7-5-10(6-8-11)9-14(20)18-19-15(21)12-3-1-2-4-13(12)16(22)23/h5-8,12-13H,1-4,9H2,(H,18,20)(H,19,21)(H,22,23)/t12-,13+/m1/s1. The number of nitrogens with one attached hydrogen (secondary N) is 2. The van der Waals surface area contributed by atoms with Crippen LogP contribution < -0.4 is 10.9 Å². The van der Waals surface area contributed by atoms with E-state index in [9.17, 15) is 19.5 Å². The number of benzene rings is 1. The van der Waals surface area contributed by atoms with E-state index in [0.29, 0.717) is 17.9 Å². The first kappa shape index (κ1) is 17.3. The monoisotopic (exact) mass is 338 g/mol. The van der Waals surface area contributed by atoms with Crippen LogP contribution >= 0.6 is 11.6 Å². The van der Waals surface area contributed by atoms with Gasteiger partial charge in [0.1, 0.15) is 0 Å². The fourth-order valence-electron chi connectivity index (χ4n) is 2.80. The number of carboxylic acid groups (broad SMARTS) is 1. The molecular formula is C16H19ClN2O4. The Bertz CT molecular complexity index is 588. The fourth-order valence-corrected chi connectivity index (χ4v) is 2.92. The highest BCUT2D eigenvalue weighted by Crippen LogP contribution is 2.30. The van der Waals surface area contributed by atoms with Crippen LogP contribution in [-0.4, -0.2) is 22.9 Å². The van der Waals surface area contributed by atoms with E-state index in [1.165, 1.54) is 0 Å². The largest absolute Gasteiger partial charge is 0.481 e. The van der Waals surface area contributed by atoms with Gasteiger partial charge in [-0.25, -0.2) is 0 Å². The van der Waals surface area contributed by atoms with Crippen molar-refractivity contribution in [3.8, 4) is 0 Å². The van der Waals surface area contributed by atoms with E-state index in [1.54, 1.807) is 24.3 Å². The zero-order valence-electron chi connectivity index (χ0n) is 12.5. The molecule has 23 heavy (non-hydrogen) atoms. The molecule has 0 radical (unpaired) electrons. The van der Waals surface area contributed by atoms with Gasteiger partial charge in [0.15, 0.2) is 0 Å². The van der Waals surface area contributed by atoms with Gasteiger partial charge < -0.3 is 5.11 Å². The van der Waals surface area contributed by atoms with Crippen molar-refractivity contribution in [3.05, 3.63) is 34.9 Å². The minimum atomic E-state index is -0.961. The van der Waals surface area contributed by atoms with Crippen molar-refractivity contribution in [2.75, 3.05) is 0 Å². The molecule has 0 spiro atoms. The summed E-state index contributed by atoms with van der Waals surface area (Å²) in [6.45, 7) is 0. The first-order valence-electron chi connectivity index (χ1n) is 7.53. The maximum atomic E-state index is 12.1. The van der Waals surface area contributed by atoms with Crippen LogP contribution in [0, 0.1) is 11.8 Å². The van der Waals surface area contributed by atoms with Crippen LogP contribution in [0.5, 0.6) is 0 Å². The molecule has 0 saturated heterocycles. The second-order valence-electron chi connectivity index (χ2n) is 5.68. The Labute approximate surface area is 139 Å². The average Bonchev–Trinajstić information content (AvgIpc) is 2.54. The number of rotatable bonds is 4. The molecule has 6 nitrogen and oxygen atoms in total. The Hall–Kier alpha value is -2.08. The van der Waals surface area contributed by atoms with E-state index in [-0.39, 0.29) is 12.3 Å². The van der Waals surface area contributed by atoms with E-state index in [0.717, 1.165) is 18.4 Å². The van der Waals surface area contributed by atoms with Crippen molar-refractivity contribution in [1.82, 2.24) is 10.9 Å². The maximum Gasteiger partial charge on any atom is 0.307 e. The molecule has 3 N–H and O–H groups in total. The zero-order valence-corrected chi connectivity index (χ0v) is 13.3. The molecule has 0 unspecified atom stereocenters. The third-order valence-electron chi connectivity index (χ3n) is 4.02. The van der Waals surface area contributed by atoms with Crippen molar-refractivity contribution in [1.29, 1.82) is 0 Å². The smallest absolute Gasteiger partial charge is 0.307 e. The van der Waals surface area contributed by atoms with Gasteiger partial charge in [-0.3, -0.25) is 25.2 Å². The van der Waals surface area contributed by atoms with Crippen LogP contribution in [0.25, 0.3) is 0 Å². The summed E-state index contributed by atoms with van der Waals surface area (Å²) in [5.74, 6) is -3.06. The highest BCUT2D eigenvalue weighted by molar-refractivity contribution is 6.30. The predicted molar refractivity (Wildman–Crippen MR) is 84.5 cm³/mol. The summed E-state index contributed by atoms with van der Waals surface area (Å²) in [5, 5.41) is 9.76. The van der Waals surface area contributed by atoms with Crippen LogP contribution in [0.4, 0.5) is 0 Å². The Kier molecular flexibility index (Phi) is 5.98. The van der Waals surface area contributed by atoms with Gasteiger partial charge in [0, 0.05) is 5.02 Å². The van der Waals surface area contributed by atoms with Crippen LogP contribution in [0.1, 0.15) is 31.2 Å². The maximum absolute atomic E-state index is 12.1. The summed E-state index contributed by atoms with van der Waals surface area (Å²) < 4.78 is 0. The SMILES string of the molecule is O=C(Cc1ccc(Cl)cc1)NNC(=O)[C@@H]1CCCC[C@@H]1C(=O)O. The lowest BCUT2D eigenvalue weighted by molar-refractivity contribution is -0.149. The van der Waals surface area contributed by atoms with E-state index >= 15 is 0 Å². The lowest BCUT2D eigenvalue weighted by atomic mass is 9.79. The number of amides is 2. The van der Waals surface area contributed by atoms with Gasteiger partial charge in [-0.1, -0.05) is 36.6 Å². The quantitative estimate of drug-likeness (QED) is 0.731. The molecule has 7 heteroatoms. The molecule has 1 aromatic carbocycles. The molecule has 1 fully saturated rings. The molecule has 0 aliphatic heterocycles. The summed E-state index contributed by atoms with van der Waals surface area (Å²) >= 11 is 5.77. The summed E-state index contributed by atoms with van der Waals surface area (Å²) in [6.07, 6.45) is 2.75. The van der Waals surface area contributed by atoms with Crippen LogP contribution in [0.15, 0.2) is 24.3 Å². The van der Waals surface area contributed by atoms with Crippen molar-refractivity contribution in [3.63, 3.8) is 0 Å². The minimum Gasteiger partial charge on any atom is -0.481 e. The molecule has 124 valence electrons. The van der Waals surface area contributed by atoms with Crippen molar-refractivity contribution in [2.24, 2.45) is 11.8 Å². The normalized spacial score (nSPS) is 20.6. The molecular weight excluding hydrogens is 320 g/mol. The molecule has 2 rings (SSSR count). The van der Waals surface area contributed by atoms with E-state index < -0.39 is 23.7 Å². The third-order valence-corrected chi connectivity index (χ3v) is 4.27.